The summed E-state index contributed by atoms with van der Waals surface area (Å²) in [5.41, 5.74) is -0.279. The smallest absolute Gasteiger partial charge is 0.410 e. The molecule has 1 aliphatic carbocycles. The highest BCUT2D eigenvalue weighted by Crippen LogP contribution is 2.39. The Morgan fingerprint density at radius 1 is 1.24 bits per heavy atom. The van der Waals surface area contributed by atoms with Gasteiger partial charge in [-0.1, -0.05) is 31.4 Å². The third kappa shape index (κ3) is 5.48. The SMILES string of the molecule is CC(C1CCCCC1)N1CCC(CCNS(C)(=O)=O)(c2ccc(F)cc2)OC1=O. The van der Waals surface area contributed by atoms with Crippen molar-refractivity contribution in [3.8, 4) is 0 Å². The van der Waals surface area contributed by atoms with Crippen molar-refractivity contribution in [1.82, 2.24) is 9.62 Å². The van der Waals surface area contributed by atoms with Gasteiger partial charge in [-0.05, 0) is 43.4 Å². The van der Waals surface area contributed by atoms with Gasteiger partial charge in [-0.15, -0.1) is 0 Å². The molecule has 0 radical (unpaired) electrons. The number of hydrogen-bond donors (Lipinski definition) is 1. The number of sulfonamides is 1. The van der Waals surface area contributed by atoms with Crippen molar-refractivity contribution >= 4 is 16.1 Å². The predicted octanol–water partition coefficient (Wildman–Crippen LogP) is 3.77. The Kier molecular flexibility index (Phi) is 6.83. The fraction of sp³-hybridized carbons (Fsp3) is 0.667. The van der Waals surface area contributed by atoms with Crippen LogP contribution in [0.5, 0.6) is 0 Å². The van der Waals surface area contributed by atoms with Crippen LogP contribution in [-0.2, 0) is 20.4 Å². The Morgan fingerprint density at radius 3 is 2.48 bits per heavy atom. The number of cyclic esters (lactones) is 1. The first-order valence-electron chi connectivity index (χ1n) is 10.4. The van der Waals surface area contributed by atoms with E-state index >= 15 is 0 Å². The molecule has 1 aromatic rings. The third-order valence-electron chi connectivity index (χ3n) is 6.36. The number of halogens is 1. The van der Waals surface area contributed by atoms with Gasteiger partial charge in [0.25, 0.3) is 0 Å². The van der Waals surface area contributed by atoms with Crippen LogP contribution in [0.4, 0.5) is 9.18 Å². The number of nitrogens with one attached hydrogen (secondary N) is 1. The number of carbonyl (C=O) groups is 1. The van der Waals surface area contributed by atoms with Crippen molar-refractivity contribution in [2.24, 2.45) is 5.92 Å². The first kappa shape index (κ1) is 22.0. The van der Waals surface area contributed by atoms with Crippen molar-refractivity contribution in [1.29, 1.82) is 0 Å². The molecule has 0 aromatic heterocycles. The Balaban J connectivity index is 1.76. The van der Waals surface area contributed by atoms with Gasteiger partial charge in [0.15, 0.2) is 0 Å². The number of amides is 1. The Labute approximate surface area is 172 Å². The van der Waals surface area contributed by atoms with Gasteiger partial charge < -0.3 is 9.64 Å². The first-order valence-corrected chi connectivity index (χ1v) is 12.3. The predicted molar refractivity (Wildman–Crippen MR) is 109 cm³/mol. The molecule has 6 nitrogen and oxygen atoms in total. The lowest BCUT2D eigenvalue weighted by atomic mass is 9.82. The van der Waals surface area contributed by atoms with Gasteiger partial charge in [-0.25, -0.2) is 22.3 Å². The standard InChI is InChI=1S/C21H31FN2O4S/c1-16(17-6-4-3-5-7-17)24-15-13-21(28-20(24)25,12-14-23-29(2,26)27)18-8-10-19(22)11-9-18/h8-11,16-17,23H,3-7,12-15H2,1-2H3. The van der Waals surface area contributed by atoms with Crippen LogP contribution >= 0.6 is 0 Å². The lowest BCUT2D eigenvalue weighted by Gasteiger charge is -2.45. The van der Waals surface area contributed by atoms with Crippen LogP contribution in [0.3, 0.4) is 0 Å². The summed E-state index contributed by atoms with van der Waals surface area (Å²) >= 11 is 0. The van der Waals surface area contributed by atoms with Gasteiger partial charge in [0, 0.05) is 32.0 Å². The van der Waals surface area contributed by atoms with Crippen molar-refractivity contribution in [2.45, 2.75) is 63.5 Å². The van der Waals surface area contributed by atoms with Crippen LogP contribution in [-0.4, -0.2) is 44.8 Å². The molecular weight excluding hydrogens is 395 g/mol. The summed E-state index contributed by atoms with van der Waals surface area (Å²) in [4.78, 5) is 14.8. The maximum atomic E-state index is 13.4. The zero-order valence-electron chi connectivity index (χ0n) is 17.2. The van der Waals surface area contributed by atoms with Gasteiger partial charge in [-0.3, -0.25) is 0 Å². The summed E-state index contributed by atoms with van der Waals surface area (Å²) in [6.45, 7) is 2.77. The topological polar surface area (TPSA) is 75.7 Å². The second kappa shape index (κ2) is 9.00. The minimum Gasteiger partial charge on any atom is -0.438 e. The highest BCUT2D eigenvalue weighted by molar-refractivity contribution is 7.88. The second-order valence-electron chi connectivity index (χ2n) is 8.37. The number of ether oxygens (including phenoxy) is 1. The first-order chi connectivity index (χ1) is 13.7. The average Bonchev–Trinajstić information content (AvgIpc) is 2.68. The molecule has 8 heteroatoms. The van der Waals surface area contributed by atoms with Gasteiger partial charge in [-0.2, -0.15) is 0 Å². The fourth-order valence-corrected chi connectivity index (χ4v) is 5.10. The van der Waals surface area contributed by atoms with E-state index in [9.17, 15) is 17.6 Å². The molecule has 162 valence electrons. The Hall–Kier alpha value is -1.67. The zero-order chi connectivity index (χ0) is 21.1. The van der Waals surface area contributed by atoms with E-state index in [0.29, 0.717) is 30.9 Å². The number of nitrogens with zero attached hydrogens (tertiary/aromatic N) is 1. The van der Waals surface area contributed by atoms with E-state index in [4.69, 9.17) is 4.74 Å². The van der Waals surface area contributed by atoms with E-state index in [-0.39, 0.29) is 24.5 Å². The van der Waals surface area contributed by atoms with Gasteiger partial charge in [0.2, 0.25) is 10.0 Å². The highest BCUT2D eigenvalue weighted by atomic mass is 32.2. The number of rotatable bonds is 7. The number of hydrogen-bond acceptors (Lipinski definition) is 4. The number of carbonyl (C=O) groups excluding carboxylic acids is 1. The van der Waals surface area contributed by atoms with E-state index < -0.39 is 15.6 Å². The molecule has 1 amide bonds. The van der Waals surface area contributed by atoms with E-state index in [1.807, 2.05) is 4.90 Å². The zero-order valence-corrected chi connectivity index (χ0v) is 18.0. The maximum Gasteiger partial charge on any atom is 0.410 e. The minimum atomic E-state index is -3.35. The van der Waals surface area contributed by atoms with Crippen molar-refractivity contribution in [2.75, 3.05) is 19.3 Å². The highest BCUT2D eigenvalue weighted by Gasteiger charge is 2.44. The third-order valence-corrected chi connectivity index (χ3v) is 7.09. The number of benzene rings is 1. The molecule has 3 rings (SSSR count). The van der Waals surface area contributed by atoms with Crippen molar-refractivity contribution < 1.29 is 22.3 Å². The molecular formula is C21H31FN2O4S. The van der Waals surface area contributed by atoms with Gasteiger partial charge in [0.05, 0.1) is 6.26 Å². The van der Waals surface area contributed by atoms with Crippen molar-refractivity contribution in [3.05, 3.63) is 35.6 Å². The van der Waals surface area contributed by atoms with Crippen LogP contribution in [0.25, 0.3) is 0 Å². The van der Waals surface area contributed by atoms with E-state index in [1.165, 1.54) is 31.4 Å². The molecule has 1 aromatic carbocycles. The summed E-state index contributed by atoms with van der Waals surface area (Å²) in [6.07, 6.45) is 7.47. The largest absolute Gasteiger partial charge is 0.438 e. The lowest BCUT2D eigenvalue weighted by molar-refractivity contribution is -0.0698. The molecule has 2 aliphatic rings. The van der Waals surface area contributed by atoms with Gasteiger partial charge >= 0.3 is 6.09 Å². The molecule has 1 heterocycles. The lowest BCUT2D eigenvalue weighted by Crippen LogP contribution is -2.53. The van der Waals surface area contributed by atoms with Crippen LogP contribution < -0.4 is 4.72 Å². The van der Waals surface area contributed by atoms with Crippen LogP contribution in [0.1, 0.15) is 57.4 Å². The molecule has 1 saturated carbocycles. The van der Waals surface area contributed by atoms with Crippen molar-refractivity contribution in [3.63, 3.8) is 0 Å². The summed E-state index contributed by atoms with van der Waals surface area (Å²) in [6, 6.07) is 6.02. The summed E-state index contributed by atoms with van der Waals surface area (Å²) < 4.78 is 44.8. The molecule has 2 atom stereocenters. The monoisotopic (exact) mass is 426 g/mol. The average molecular weight is 427 g/mol. The normalized spacial score (nSPS) is 24.9. The second-order valence-corrected chi connectivity index (χ2v) is 10.2. The molecule has 1 aliphatic heterocycles. The molecule has 29 heavy (non-hydrogen) atoms. The van der Waals surface area contributed by atoms with Crippen LogP contribution in [0.15, 0.2) is 24.3 Å². The van der Waals surface area contributed by atoms with Crippen LogP contribution in [0, 0.1) is 11.7 Å². The van der Waals surface area contributed by atoms with Crippen LogP contribution in [0.2, 0.25) is 0 Å². The molecule has 0 spiro atoms. The quantitative estimate of drug-likeness (QED) is 0.720. The summed E-state index contributed by atoms with van der Waals surface area (Å²) in [5.74, 6) is 0.120. The summed E-state index contributed by atoms with van der Waals surface area (Å²) in [5, 5.41) is 0. The molecule has 2 fully saturated rings. The fourth-order valence-electron chi connectivity index (χ4n) is 4.63. The maximum absolute atomic E-state index is 13.4. The summed E-state index contributed by atoms with van der Waals surface area (Å²) in [7, 11) is -3.35. The Bertz CT molecular complexity index is 808. The van der Waals surface area contributed by atoms with E-state index in [2.05, 4.69) is 11.6 Å². The molecule has 1 saturated heterocycles. The van der Waals surface area contributed by atoms with E-state index in [1.54, 1.807) is 12.1 Å². The minimum absolute atomic E-state index is 0.114. The Morgan fingerprint density at radius 2 is 1.90 bits per heavy atom. The van der Waals surface area contributed by atoms with E-state index in [0.717, 1.165) is 19.1 Å². The van der Waals surface area contributed by atoms with Gasteiger partial charge in [0.1, 0.15) is 11.4 Å². The molecule has 1 N–H and O–H groups in total. The molecule has 2 unspecified atom stereocenters. The molecule has 0 bridgehead atoms.